The van der Waals surface area contributed by atoms with Crippen LogP contribution in [0, 0.1) is 0 Å². The van der Waals surface area contributed by atoms with Crippen LogP contribution in [0.25, 0.3) is 0 Å². The van der Waals surface area contributed by atoms with E-state index in [1.165, 1.54) is 27.3 Å². The van der Waals surface area contributed by atoms with Crippen molar-refractivity contribution in [2.24, 2.45) is 0 Å². The van der Waals surface area contributed by atoms with Crippen LogP contribution in [0.5, 0.6) is 0 Å². The number of aromatic nitrogens is 5. The molecule has 0 aromatic carbocycles. The maximum atomic E-state index is 2.57. The Morgan fingerprint density at radius 3 is 0.436 bits per heavy atom. The van der Waals surface area contributed by atoms with Gasteiger partial charge in [0.2, 0.25) is 0 Å². The predicted octanol–water partition coefficient (Wildman–Crippen LogP) is 5.14. The molecule has 0 amide bonds. The van der Waals surface area contributed by atoms with Crippen LogP contribution >= 0.6 is 0 Å². The van der Waals surface area contributed by atoms with Gasteiger partial charge in [-0.1, -0.05) is 69.2 Å². The summed E-state index contributed by atoms with van der Waals surface area (Å²) in [5.41, 5.74) is 7.22. The van der Waals surface area contributed by atoms with E-state index in [0.29, 0.717) is 0 Å². The molecule has 0 unspecified atom stereocenters. The van der Waals surface area contributed by atoms with Gasteiger partial charge < -0.3 is 22.4 Å². The van der Waals surface area contributed by atoms with Crippen LogP contribution < -0.4 is 49.7 Å². The maximum absolute atomic E-state index is 2.57. The van der Waals surface area contributed by atoms with E-state index in [1.807, 2.05) is 0 Å². The van der Waals surface area contributed by atoms with Gasteiger partial charge >= 0.3 is 31.4 Å². The van der Waals surface area contributed by atoms with E-state index in [2.05, 4.69) is 214 Å². The molecular formula is C45H70B5N5. The highest BCUT2D eigenvalue weighted by Gasteiger charge is 2.43. The highest BCUT2D eigenvalue weighted by molar-refractivity contribution is 6.87. The monoisotopic (exact) mass is 736 g/mol. The number of hydrogen-bond acceptors (Lipinski definition) is 0. The fourth-order valence-electron chi connectivity index (χ4n) is 12.5. The zero-order valence-corrected chi connectivity index (χ0v) is 36.2. The van der Waals surface area contributed by atoms with Crippen LogP contribution in [0.4, 0.5) is 0 Å². The largest absolute Gasteiger partial charge is 0.423 e. The fraction of sp³-hybridized carbons (Fsp3) is 0.444. The van der Waals surface area contributed by atoms with Gasteiger partial charge in [0.1, 0.15) is 62.0 Å². The summed E-state index contributed by atoms with van der Waals surface area (Å²) in [5, 5.41) is 0. The number of hydrogen-bond donors (Lipinski definition) is 0. The van der Waals surface area contributed by atoms with E-state index >= 15 is 0 Å². The third-order valence-corrected chi connectivity index (χ3v) is 17.1. The second-order valence-corrected chi connectivity index (χ2v) is 17.9. The molecule has 10 heteroatoms. The van der Waals surface area contributed by atoms with Crippen LogP contribution in [0.15, 0.2) is 123 Å². The molecule has 5 aromatic heterocycles. The Kier molecular flexibility index (Phi) is 12.1. The lowest BCUT2D eigenvalue weighted by Gasteiger charge is -2.36. The minimum atomic E-state index is -0.989. The molecule has 6 aliphatic rings. The first-order valence-electron chi connectivity index (χ1n) is 22.7. The Hall–Kier alpha value is -3.93. The summed E-state index contributed by atoms with van der Waals surface area (Å²) >= 11 is 0. The van der Waals surface area contributed by atoms with E-state index in [-0.39, 0.29) is 0 Å². The molecule has 0 N–H and O–H groups in total. The van der Waals surface area contributed by atoms with Gasteiger partial charge in [-0.05, 0) is 60.7 Å². The van der Waals surface area contributed by atoms with Crippen molar-refractivity contribution in [1.82, 2.24) is 0 Å². The van der Waals surface area contributed by atoms with Crippen molar-refractivity contribution in [3.63, 3.8) is 0 Å². The first-order valence-corrected chi connectivity index (χ1v) is 22.7. The Labute approximate surface area is 335 Å². The number of pyridine rings is 5. The molecule has 0 aliphatic carbocycles. The molecule has 5 aromatic rings. The van der Waals surface area contributed by atoms with Crippen LogP contribution in [0.3, 0.4) is 0 Å². The van der Waals surface area contributed by atoms with Gasteiger partial charge in [0.25, 0.3) is 0 Å². The van der Waals surface area contributed by atoms with Gasteiger partial charge in [0.05, 0.1) is 0 Å². The van der Waals surface area contributed by atoms with E-state index in [9.17, 15) is 0 Å². The van der Waals surface area contributed by atoms with Crippen LogP contribution in [0.1, 0.15) is 69.2 Å². The van der Waals surface area contributed by atoms with Crippen molar-refractivity contribution in [2.45, 2.75) is 132 Å². The molecule has 5 nitrogen and oxygen atoms in total. The lowest BCUT2D eigenvalue weighted by Crippen LogP contribution is -2.75. The average Bonchev–Trinajstić information content (AvgIpc) is 3.26. The summed E-state index contributed by atoms with van der Waals surface area (Å²) in [6.07, 6.45) is 30.0. The third kappa shape index (κ3) is 6.25. The second-order valence-electron chi connectivity index (χ2n) is 17.9. The summed E-state index contributed by atoms with van der Waals surface area (Å²) in [7, 11) is 0. The Balaban J connectivity index is 1.61. The molecular weight excluding hydrogens is 665 g/mol. The van der Waals surface area contributed by atoms with E-state index in [4.69, 9.17) is 0 Å². The van der Waals surface area contributed by atoms with Crippen LogP contribution in [-0.2, 0) is 0 Å². The topological polar surface area (TPSA) is 19.4 Å². The van der Waals surface area contributed by atoms with E-state index in [0.717, 1.165) is 63.2 Å². The molecule has 0 saturated heterocycles. The minimum absolute atomic E-state index is 0.989. The zero-order chi connectivity index (χ0) is 39.5. The minimum Gasteiger partial charge on any atom is -0.423 e. The van der Waals surface area contributed by atoms with Crippen molar-refractivity contribution in [1.29, 1.82) is 0 Å². The molecule has 11 rings (SSSR count). The molecule has 0 fully saturated rings. The van der Waals surface area contributed by atoms with Crippen LogP contribution in [-0.4, -0.2) is 31.4 Å². The fourth-order valence-corrected chi connectivity index (χ4v) is 12.5. The maximum Gasteiger partial charge on any atom is 0.305 e. The summed E-state index contributed by atoms with van der Waals surface area (Å²) in [5.74, 6) is 0. The molecule has 0 radical (unpaired) electrons. The van der Waals surface area contributed by atoms with E-state index in [1.54, 1.807) is 0 Å². The molecule has 0 atom stereocenters. The van der Waals surface area contributed by atoms with Crippen molar-refractivity contribution in [3.05, 3.63) is 123 Å². The van der Waals surface area contributed by atoms with Gasteiger partial charge in [-0.3, -0.25) is 0 Å². The highest BCUT2D eigenvalue weighted by atomic mass is 14.9. The molecule has 55 heavy (non-hydrogen) atoms. The van der Waals surface area contributed by atoms with Crippen molar-refractivity contribution in [3.8, 4) is 0 Å². The second kappa shape index (κ2) is 16.3. The van der Waals surface area contributed by atoms with Crippen molar-refractivity contribution < 1.29 is 22.4 Å². The summed E-state index contributed by atoms with van der Waals surface area (Å²) in [6.45, 7) is 23.8. The predicted molar refractivity (Wildman–Crippen MR) is 242 cm³/mol. The summed E-state index contributed by atoms with van der Waals surface area (Å²) in [6, 6.07) is 24.5. The number of fused-ring (bicyclic) bond motifs is 5. The Bertz CT molecular complexity index is 1530. The standard InChI is InChI=1S/C45H70B5N5/c1-11-46(12-2)41-21-33-52(34-22-41)48(15-5,16-6)43-25-37-54(38-26-43)50(19-9,20-10)45-29-39-55(40-30-45)49(17-7,18-8)44-27-35-53(36-28-44)47(13-3,14-4)42-23-31-51(46)32-24-42/h21-40H,11-20H2,1-10H3. The van der Waals surface area contributed by atoms with Gasteiger partial charge in [-0.2, -0.15) is 0 Å². The lowest BCUT2D eigenvalue weighted by molar-refractivity contribution is -0.550. The number of nitrogens with zero attached hydrogens (tertiary/aromatic N) is 5. The average molecular weight is 735 g/mol. The van der Waals surface area contributed by atoms with Gasteiger partial charge in [0, 0.05) is 0 Å². The summed E-state index contributed by atoms with van der Waals surface area (Å²) < 4.78 is 12.8. The SMILES string of the molecule is CC[B-]1(CC)c2cc[n+](cc2)[B-](CC)(CC)c2cc[n+](cc2)[B-](CC)(CC)c2cc[n+](cc2)[B-](CC)(CC)c2cc[n+](cc2)[B-](CC)(CC)c2cc[n+]1cc2. The Morgan fingerprint density at radius 2 is 0.345 bits per heavy atom. The van der Waals surface area contributed by atoms with Crippen LogP contribution in [0.2, 0.25) is 63.2 Å². The van der Waals surface area contributed by atoms with Gasteiger partial charge in [-0.15, -0.1) is 90.5 Å². The van der Waals surface area contributed by atoms with Gasteiger partial charge in [0.15, 0.2) is 0 Å². The number of rotatable bonds is 10. The smallest absolute Gasteiger partial charge is 0.305 e. The normalized spacial score (nSPS) is 17.6. The van der Waals surface area contributed by atoms with Gasteiger partial charge in [-0.25, -0.2) is 0 Å². The lowest BCUT2D eigenvalue weighted by atomic mass is 9.26. The summed E-state index contributed by atoms with van der Waals surface area (Å²) in [4.78, 5) is 0. The van der Waals surface area contributed by atoms with Crippen molar-refractivity contribution in [2.75, 3.05) is 0 Å². The zero-order valence-electron chi connectivity index (χ0n) is 36.2. The third-order valence-electron chi connectivity index (χ3n) is 17.1. The van der Waals surface area contributed by atoms with Crippen molar-refractivity contribution >= 4 is 58.7 Å². The first kappa shape index (κ1) is 40.7. The molecule has 11 heterocycles. The highest BCUT2D eigenvalue weighted by Crippen LogP contribution is 2.18. The first-order chi connectivity index (χ1) is 26.7. The molecule has 6 aliphatic heterocycles. The molecule has 0 saturated carbocycles. The van der Waals surface area contributed by atoms with E-state index < -0.39 is 31.4 Å². The molecule has 10 bridgehead atoms. The molecule has 290 valence electrons. The Morgan fingerprint density at radius 1 is 0.236 bits per heavy atom. The molecule has 0 spiro atoms. The quantitative estimate of drug-likeness (QED) is 0.177.